The predicted molar refractivity (Wildman–Crippen MR) is 230 cm³/mol. The molecule has 5 amide bonds. The van der Waals surface area contributed by atoms with Gasteiger partial charge < -0.3 is 39.7 Å². The van der Waals surface area contributed by atoms with Crippen LogP contribution in [0.25, 0.3) is 21.9 Å². The largest absolute Gasteiger partial charge is 0.364 e. The normalized spacial score (nSPS) is 24.3. The number of nitrogens with two attached hydrogens (primary N) is 1. The van der Waals surface area contributed by atoms with Gasteiger partial charge in [0.25, 0.3) is 5.91 Å². The van der Waals surface area contributed by atoms with Gasteiger partial charge in [-0.25, -0.2) is 14.8 Å². The second-order valence-corrected chi connectivity index (χ2v) is 17.8. The zero-order valence-electron chi connectivity index (χ0n) is 34.6. The van der Waals surface area contributed by atoms with E-state index in [-0.39, 0.29) is 29.6 Å². The molecule has 5 aromatic rings. The molecule has 0 bridgehead atoms. The van der Waals surface area contributed by atoms with Crippen molar-refractivity contribution < 1.29 is 23.7 Å². The van der Waals surface area contributed by atoms with Gasteiger partial charge in [-0.05, 0) is 112 Å². The minimum absolute atomic E-state index is 0.0712. The maximum Gasteiger partial charge on any atom is 0.320 e. The third-order valence-electron chi connectivity index (χ3n) is 14.0. The average molecular weight is 828 g/mol. The van der Waals surface area contributed by atoms with Crippen molar-refractivity contribution in [2.45, 2.75) is 81.7 Å². The fraction of sp³-hybridized carbons (Fsp3) is 0.489. The molecule has 2 unspecified atom stereocenters. The summed E-state index contributed by atoms with van der Waals surface area (Å²) in [7, 11) is 1.84. The molecule has 0 radical (unpaired) electrons. The Kier molecular flexibility index (Phi) is 10.3. The number of carbonyl (C=O) groups is 4. The summed E-state index contributed by atoms with van der Waals surface area (Å²) < 4.78 is 8.08. The van der Waals surface area contributed by atoms with Gasteiger partial charge in [0.2, 0.25) is 11.8 Å². The van der Waals surface area contributed by atoms with Gasteiger partial charge in [0, 0.05) is 75.0 Å². The van der Waals surface area contributed by atoms with Crippen LogP contribution in [-0.4, -0.2) is 117 Å². The number of benzene rings is 2. The number of hydrogen-bond donors (Lipinski definition) is 3. The molecule has 1 saturated carbocycles. The van der Waals surface area contributed by atoms with Crippen LogP contribution in [-0.2, 0) is 9.59 Å². The highest BCUT2D eigenvalue weighted by Gasteiger charge is 2.36. The maximum absolute atomic E-state index is 12.7. The van der Waals surface area contributed by atoms with Crippen LogP contribution < -0.4 is 21.3 Å². The number of fused-ring (bicyclic) bond motifs is 3. The van der Waals surface area contributed by atoms with Gasteiger partial charge in [0.1, 0.15) is 11.5 Å². The summed E-state index contributed by atoms with van der Waals surface area (Å²) in [5.74, 6) is 0.405. The second-order valence-electron chi connectivity index (χ2n) is 17.8. The monoisotopic (exact) mass is 827 g/mol. The number of anilines is 3. The first-order valence-electron chi connectivity index (χ1n) is 21.9. The van der Waals surface area contributed by atoms with Crippen molar-refractivity contribution in [1.82, 2.24) is 39.7 Å². The number of primary amides is 1. The van der Waals surface area contributed by atoms with Crippen LogP contribution >= 0.6 is 0 Å². The van der Waals surface area contributed by atoms with Crippen LogP contribution in [0.3, 0.4) is 0 Å². The van der Waals surface area contributed by atoms with Gasteiger partial charge in [-0.3, -0.25) is 19.7 Å². The van der Waals surface area contributed by atoms with Crippen LogP contribution in [0.2, 0.25) is 0 Å². The van der Waals surface area contributed by atoms with E-state index in [0.29, 0.717) is 60.2 Å². The van der Waals surface area contributed by atoms with Crippen molar-refractivity contribution >= 4 is 62.9 Å². The summed E-state index contributed by atoms with van der Waals surface area (Å²) in [6, 6.07) is 15.2. The molecular weight excluding hydrogens is 775 g/mol. The van der Waals surface area contributed by atoms with E-state index in [1.807, 2.05) is 30.1 Å². The number of likely N-dealkylation sites (tertiary alicyclic amines) is 1. The quantitative estimate of drug-likeness (QED) is 0.151. The number of aromatic nitrogens is 4. The van der Waals surface area contributed by atoms with Crippen LogP contribution in [0.4, 0.5) is 22.1 Å². The van der Waals surface area contributed by atoms with Crippen molar-refractivity contribution in [1.29, 1.82) is 0 Å². The van der Waals surface area contributed by atoms with E-state index in [1.165, 1.54) is 12.0 Å². The van der Waals surface area contributed by atoms with Crippen LogP contribution in [0.15, 0.2) is 59.4 Å². The highest BCUT2D eigenvalue weighted by Crippen LogP contribution is 2.41. The smallest absolute Gasteiger partial charge is 0.320 e. The van der Waals surface area contributed by atoms with E-state index in [9.17, 15) is 19.2 Å². The fourth-order valence-electron chi connectivity index (χ4n) is 10.7. The molecule has 4 aliphatic heterocycles. The summed E-state index contributed by atoms with van der Waals surface area (Å²) in [5, 5.41) is 12.0. The number of rotatable bonds is 10. The summed E-state index contributed by atoms with van der Waals surface area (Å²) in [6.45, 7) is 6.16. The summed E-state index contributed by atoms with van der Waals surface area (Å²) in [6.07, 6.45) is 12.0. The first-order chi connectivity index (χ1) is 29.7. The zero-order chi connectivity index (χ0) is 41.8. The van der Waals surface area contributed by atoms with Gasteiger partial charge >= 0.3 is 6.03 Å². The standard InChI is InChI=1S/C45H53N11O5/c1-52-21-22-56(45(52)60)32-3-2-17-54(26-32)37-24-47-41(42(46)58)43(49-37)48-30-7-5-28(6-8-30)29-14-18-53(19-15-29)25-27-4-9-31(23-27)55-20-16-33-35(55)11-12-36-39(33)40(51-61-36)34-10-13-38(57)50-44(34)59/h5-8,11-12,16,20,24,27,29,31-32,34H,2-4,9-10,13-15,17-19,21-23,25-26H2,1H3,(H2,46,58)(H,48,49)(H,50,57,59)/t27-,31?,32-,34?/m1/s1. The molecule has 10 rings (SSSR count). The third-order valence-corrected chi connectivity index (χ3v) is 14.0. The summed E-state index contributed by atoms with van der Waals surface area (Å²) in [5.41, 5.74) is 10.4. The first kappa shape index (κ1) is 39.1. The fourth-order valence-corrected chi connectivity index (χ4v) is 10.7. The number of amides is 5. The van der Waals surface area contributed by atoms with Gasteiger partial charge in [0.05, 0.1) is 23.5 Å². The van der Waals surface area contributed by atoms with E-state index in [1.54, 1.807) is 11.1 Å². The lowest BCUT2D eigenvalue weighted by Crippen LogP contribution is -2.49. The predicted octanol–water partition coefficient (Wildman–Crippen LogP) is 5.49. The van der Waals surface area contributed by atoms with E-state index in [0.717, 1.165) is 99.8 Å². The SMILES string of the molecule is CN1CCN([C@@H]2CCCN(c3cnc(C(N)=O)c(Nc4ccc(C5CCN(C[C@@H]6CCC(n7ccc8c9c(C%10CCC(=O)NC%10=O)noc9ccc87)C6)CC5)cc4)n3)C2)C1=O. The Morgan fingerprint density at radius 2 is 1.77 bits per heavy atom. The Bertz CT molecular complexity index is 2490. The van der Waals surface area contributed by atoms with Crippen LogP contribution in [0.5, 0.6) is 0 Å². The Balaban J connectivity index is 0.741. The number of nitrogens with zero attached hydrogens (tertiary/aromatic N) is 8. The number of carbonyl (C=O) groups excluding carboxylic acids is 4. The lowest BCUT2D eigenvalue weighted by molar-refractivity contribution is -0.134. The maximum atomic E-state index is 12.7. The molecule has 4 atom stereocenters. The topological polar surface area (TPSA) is 188 Å². The van der Waals surface area contributed by atoms with Gasteiger partial charge in [0.15, 0.2) is 17.1 Å². The molecule has 3 aromatic heterocycles. The van der Waals surface area contributed by atoms with E-state index >= 15 is 0 Å². The Morgan fingerprint density at radius 1 is 0.934 bits per heavy atom. The number of imide groups is 1. The van der Waals surface area contributed by atoms with Crippen molar-refractivity contribution in [3.8, 4) is 0 Å². The van der Waals surface area contributed by atoms with Gasteiger partial charge in [-0.1, -0.05) is 17.3 Å². The summed E-state index contributed by atoms with van der Waals surface area (Å²) in [4.78, 5) is 67.4. The lowest BCUT2D eigenvalue weighted by atomic mass is 9.89. The van der Waals surface area contributed by atoms with Crippen LogP contribution in [0.1, 0.15) is 97.4 Å². The third kappa shape index (κ3) is 7.55. The first-order valence-corrected chi connectivity index (χ1v) is 21.9. The molecule has 5 fully saturated rings. The number of likely N-dealkylation sites (N-methyl/N-ethyl adjacent to an activating group) is 1. The molecule has 4 saturated heterocycles. The number of urea groups is 1. The van der Waals surface area contributed by atoms with E-state index in [2.05, 4.69) is 65.6 Å². The number of hydrogen-bond acceptors (Lipinski definition) is 11. The Hall–Kier alpha value is -6.03. The molecule has 5 aliphatic rings. The molecule has 61 heavy (non-hydrogen) atoms. The summed E-state index contributed by atoms with van der Waals surface area (Å²) >= 11 is 0. The van der Waals surface area contributed by atoms with Crippen molar-refractivity contribution in [2.75, 3.05) is 63.1 Å². The zero-order valence-corrected chi connectivity index (χ0v) is 34.6. The molecule has 318 valence electrons. The molecular formula is C45H53N11O5. The van der Waals surface area contributed by atoms with Crippen LogP contribution in [0, 0.1) is 5.92 Å². The molecule has 4 N–H and O–H groups in total. The number of nitrogens with one attached hydrogen (secondary N) is 2. The highest BCUT2D eigenvalue weighted by molar-refractivity contribution is 6.09. The van der Waals surface area contributed by atoms with Gasteiger partial charge in [-0.15, -0.1) is 0 Å². The van der Waals surface area contributed by atoms with Crippen molar-refractivity contribution in [3.63, 3.8) is 0 Å². The van der Waals surface area contributed by atoms with E-state index < -0.39 is 11.8 Å². The highest BCUT2D eigenvalue weighted by atomic mass is 16.5. The molecule has 16 nitrogen and oxygen atoms in total. The molecule has 1 aliphatic carbocycles. The van der Waals surface area contributed by atoms with Crippen molar-refractivity contribution in [2.24, 2.45) is 11.7 Å². The lowest BCUT2D eigenvalue weighted by Gasteiger charge is -2.37. The Morgan fingerprint density at radius 3 is 2.54 bits per heavy atom. The van der Waals surface area contributed by atoms with Gasteiger partial charge in [-0.2, -0.15) is 0 Å². The number of piperidine rings is 3. The average Bonchev–Trinajstić information content (AvgIpc) is 4.08. The molecule has 7 heterocycles. The minimum Gasteiger partial charge on any atom is -0.364 e. The molecule has 16 heteroatoms. The molecule has 2 aromatic carbocycles. The Labute approximate surface area is 353 Å². The second kappa shape index (κ2) is 16.1. The van der Waals surface area contributed by atoms with Crippen molar-refractivity contribution in [3.05, 3.63) is 71.8 Å². The van der Waals surface area contributed by atoms with E-state index in [4.69, 9.17) is 15.2 Å². The molecule has 0 spiro atoms. The minimum atomic E-state index is -0.644.